The Bertz CT molecular complexity index is 565. The molecule has 6 nitrogen and oxygen atoms in total. The summed E-state index contributed by atoms with van der Waals surface area (Å²) in [5, 5.41) is 3.61. The zero-order valence-corrected chi connectivity index (χ0v) is 9.95. The Morgan fingerprint density at radius 2 is 1.78 bits per heavy atom. The molecule has 1 unspecified atom stereocenters. The molecule has 18 heavy (non-hydrogen) atoms. The first-order valence-corrected chi connectivity index (χ1v) is 5.32. The lowest BCUT2D eigenvalue weighted by molar-refractivity contribution is 0.0875. The average molecular weight is 245 g/mol. The van der Waals surface area contributed by atoms with Crippen molar-refractivity contribution in [3.63, 3.8) is 0 Å². The largest absolute Gasteiger partial charge is 0.291 e. The molecule has 1 atom stereocenters. The van der Waals surface area contributed by atoms with E-state index in [-0.39, 0.29) is 17.3 Å². The Kier molecular flexibility index (Phi) is 3.01. The highest BCUT2D eigenvalue weighted by Gasteiger charge is 2.40. The van der Waals surface area contributed by atoms with Gasteiger partial charge in [0.1, 0.15) is 5.71 Å². The van der Waals surface area contributed by atoms with Gasteiger partial charge in [0.2, 0.25) is 5.78 Å². The summed E-state index contributed by atoms with van der Waals surface area (Å²) in [5.74, 6) is -0.680. The van der Waals surface area contributed by atoms with Crippen molar-refractivity contribution in [2.45, 2.75) is 6.04 Å². The van der Waals surface area contributed by atoms with E-state index in [4.69, 9.17) is 0 Å². The number of aliphatic imine (C=N–C) groups is 1. The molecule has 0 radical (unpaired) electrons. The van der Waals surface area contributed by atoms with Crippen LogP contribution in [0.4, 0.5) is 0 Å². The number of ketones is 2. The van der Waals surface area contributed by atoms with Gasteiger partial charge in [-0.1, -0.05) is 24.3 Å². The van der Waals surface area contributed by atoms with Gasteiger partial charge < -0.3 is 0 Å². The first-order valence-electron chi connectivity index (χ1n) is 5.32. The van der Waals surface area contributed by atoms with Crippen LogP contribution < -0.4 is 0 Å². The average Bonchev–Trinajstić information content (AvgIpc) is 2.41. The highest BCUT2D eigenvalue weighted by Crippen LogP contribution is 2.22. The third-order valence-corrected chi connectivity index (χ3v) is 2.92. The predicted molar refractivity (Wildman–Crippen MR) is 65.8 cm³/mol. The third-order valence-electron chi connectivity index (χ3n) is 2.92. The zero-order valence-electron chi connectivity index (χ0n) is 9.95. The normalized spacial score (nSPS) is 20.8. The minimum atomic E-state index is -1.03. The Balaban J connectivity index is 2.64. The van der Waals surface area contributed by atoms with Gasteiger partial charge in [0.05, 0.1) is 5.29 Å². The van der Waals surface area contributed by atoms with E-state index >= 15 is 0 Å². The lowest BCUT2D eigenvalue weighted by Gasteiger charge is -2.27. The molecule has 1 aromatic rings. The minimum absolute atomic E-state index is 0.0424. The molecule has 1 aliphatic rings. The fraction of sp³-hybridized carbons (Fsp3) is 0.250. The molecule has 1 aromatic carbocycles. The van der Waals surface area contributed by atoms with Gasteiger partial charge in [0.15, 0.2) is 11.8 Å². The Morgan fingerprint density at radius 1 is 1.17 bits per heavy atom. The van der Waals surface area contributed by atoms with Crippen molar-refractivity contribution < 1.29 is 9.59 Å². The number of nitroso groups, excluding NO2 is 1. The molecule has 0 spiro atoms. The van der Waals surface area contributed by atoms with E-state index in [0.717, 1.165) is 5.01 Å². The molecular formula is C12H11N3O3. The maximum atomic E-state index is 12.3. The summed E-state index contributed by atoms with van der Waals surface area (Å²) in [7, 11) is 2.77. The summed E-state index contributed by atoms with van der Waals surface area (Å²) < 4.78 is 0. The molecule has 0 fully saturated rings. The van der Waals surface area contributed by atoms with E-state index in [2.05, 4.69) is 10.3 Å². The summed E-state index contributed by atoms with van der Waals surface area (Å²) in [5.41, 5.74) is 0.662. The van der Waals surface area contributed by atoms with Crippen LogP contribution in [0.15, 0.2) is 34.5 Å². The van der Waals surface area contributed by atoms with Crippen LogP contribution >= 0.6 is 0 Å². The molecule has 0 bridgehead atoms. The molecular weight excluding hydrogens is 234 g/mol. The van der Waals surface area contributed by atoms with E-state index in [1.165, 1.54) is 14.1 Å². The van der Waals surface area contributed by atoms with Gasteiger partial charge in [-0.15, -0.1) is 4.91 Å². The van der Waals surface area contributed by atoms with Crippen LogP contribution in [0.3, 0.4) is 0 Å². The van der Waals surface area contributed by atoms with Crippen LogP contribution in [0.2, 0.25) is 0 Å². The van der Waals surface area contributed by atoms with E-state index < -0.39 is 6.04 Å². The number of carbonyl (C=O) groups is 2. The smallest absolute Gasteiger partial charge is 0.210 e. The van der Waals surface area contributed by atoms with Gasteiger partial charge in [-0.3, -0.25) is 14.6 Å². The third kappa shape index (κ3) is 1.62. The van der Waals surface area contributed by atoms with Gasteiger partial charge in [0.25, 0.3) is 0 Å². The van der Waals surface area contributed by atoms with Crippen LogP contribution in [0, 0.1) is 4.91 Å². The van der Waals surface area contributed by atoms with E-state index in [1.807, 2.05) is 0 Å². The van der Waals surface area contributed by atoms with Crippen LogP contribution in [0.5, 0.6) is 0 Å². The van der Waals surface area contributed by atoms with Crippen molar-refractivity contribution in [3.05, 3.63) is 40.3 Å². The lowest BCUT2D eigenvalue weighted by Crippen LogP contribution is -2.49. The van der Waals surface area contributed by atoms with Crippen molar-refractivity contribution >= 4 is 17.3 Å². The topological polar surface area (TPSA) is 79.2 Å². The summed E-state index contributed by atoms with van der Waals surface area (Å²) in [4.78, 5) is 38.9. The van der Waals surface area contributed by atoms with Crippen molar-refractivity contribution in [1.29, 1.82) is 0 Å². The number of hydrogen-bond acceptors (Lipinski definition) is 5. The molecule has 0 N–H and O–H groups in total. The summed E-state index contributed by atoms with van der Waals surface area (Å²) in [6.07, 6.45) is 0. The van der Waals surface area contributed by atoms with Crippen molar-refractivity contribution in [1.82, 2.24) is 5.01 Å². The first-order chi connectivity index (χ1) is 8.61. The molecule has 0 heterocycles. The summed E-state index contributed by atoms with van der Waals surface area (Å²) >= 11 is 0. The second-order valence-electron chi connectivity index (χ2n) is 3.91. The highest BCUT2D eigenvalue weighted by molar-refractivity contribution is 6.55. The molecule has 0 saturated heterocycles. The number of carbonyl (C=O) groups excluding carboxylic acids is 2. The number of hydrogen-bond donors (Lipinski definition) is 0. The number of benzene rings is 1. The Labute approximate surface area is 103 Å². The summed E-state index contributed by atoms with van der Waals surface area (Å²) in [6, 6.07) is 5.46. The van der Waals surface area contributed by atoms with Gasteiger partial charge >= 0.3 is 0 Å². The standard InChI is InChI=1S/C12H11N3O3/c1-13-9-10(15(2)14-18)12(17)8-6-4-3-5-7(8)11(9)16/h3-6,10H,1-2H3. The maximum Gasteiger partial charge on any atom is 0.210 e. The van der Waals surface area contributed by atoms with Gasteiger partial charge in [-0.05, 0) is 0 Å². The molecule has 0 amide bonds. The molecule has 0 aliphatic heterocycles. The van der Waals surface area contributed by atoms with Crippen LogP contribution in [0.1, 0.15) is 20.7 Å². The van der Waals surface area contributed by atoms with Gasteiger partial charge in [-0.2, -0.15) is 0 Å². The second-order valence-corrected chi connectivity index (χ2v) is 3.91. The number of fused-ring (bicyclic) bond motifs is 1. The first kappa shape index (κ1) is 12.1. The molecule has 0 aromatic heterocycles. The van der Waals surface area contributed by atoms with Crippen LogP contribution in [0.25, 0.3) is 0 Å². The van der Waals surface area contributed by atoms with Gasteiger partial charge in [0, 0.05) is 25.2 Å². The molecule has 2 rings (SSSR count). The van der Waals surface area contributed by atoms with E-state index in [0.29, 0.717) is 11.1 Å². The predicted octanol–water partition coefficient (Wildman–Crippen LogP) is 1.12. The van der Waals surface area contributed by atoms with Crippen LogP contribution in [-0.2, 0) is 0 Å². The zero-order chi connectivity index (χ0) is 13.3. The van der Waals surface area contributed by atoms with Crippen LogP contribution in [-0.4, -0.2) is 42.4 Å². The lowest BCUT2D eigenvalue weighted by atomic mass is 9.84. The van der Waals surface area contributed by atoms with E-state index in [1.54, 1.807) is 24.3 Å². The molecule has 6 heteroatoms. The van der Waals surface area contributed by atoms with Crippen molar-refractivity contribution in [3.8, 4) is 0 Å². The fourth-order valence-electron chi connectivity index (χ4n) is 2.05. The molecule has 92 valence electrons. The Morgan fingerprint density at radius 3 is 2.33 bits per heavy atom. The maximum absolute atomic E-state index is 12.3. The van der Waals surface area contributed by atoms with Crippen molar-refractivity contribution in [2.24, 2.45) is 10.3 Å². The highest BCUT2D eigenvalue weighted by atomic mass is 16.3. The SMILES string of the molecule is CN=C1C(=O)c2ccccc2C(=O)C1N(C)N=O. The number of nitrogens with zero attached hydrogens (tertiary/aromatic N) is 3. The molecule has 0 saturated carbocycles. The quantitative estimate of drug-likeness (QED) is 0.577. The second kappa shape index (κ2) is 4.48. The van der Waals surface area contributed by atoms with Gasteiger partial charge in [-0.25, -0.2) is 5.01 Å². The summed E-state index contributed by atoms with van der Waals surface area (Å²) in [6.45, 7) is 0. The monoisotopic (exact) mass is 245 g/mol. The number of rotatable bonds is 2. The molecule has 1 aliphatic carbocycles. The number of likely N-dealkylation sites (N-methyl/N-ethyl adjacent to an activating group) is 1. The van der Waals surface area contributed by atoms with Crippen molar-refractivity contribution in [2.75, 3.05) is 14.1 Å². The number of Topliss-reactive ketones (excluding diaryl/α,β-unsaturated/α-hetero) is 2. The fourth-order valence-corrected chi connectivity index (χ4v) is 2.05. The Hall–Kier alpha value is -2.37. The minimum Gasteiger partial charge on any atom is -0.291 e. The van der Waals surface area contributed by atoms with E-state index in [9.17, 15) is 14.5 Å².